The normalized spacial score (nSPS) is 22.9. The van der Waals surface area contributed by atoms with Crippen LogP contribution in [0.4, 0.5) is 0 Å². The summed E-state index contributed by atoms with van der Waals surface area (Å²) in [5.74, 6) is 0. The van der Waals surface area contributed by atoms with Crippen LogP contribution in [-0.4, -0.2) is 60.2 Å². The van der Waals surface area contributed by atoms with E-state index in [1.54, 1.807) is 0 Å². The molecule has 0 amide bonds. The fraction of sp³-hybridized carbons (Fsp3) is 0.850. The molecule has 0 aromatic rings. The van der Waals surface area contributed by atoms with E-state index in [-0.39, 0.29) is 12.8 Å². The lowest BCUT2D eigenvalue weighted by atomic mass is 10.0. The van der Waals surface area contributed by atoms with Crippen molar-refractivity contribution in [2.24, 2.45) is 5.73 Å². The summed E-state index contributed by atoms with van der Waals surface area (Å²) in [6, 6.07) is 0. The van der Waals surface area contributed by atoms with Crippen molar-refractivity contribution in [1.29, 1.82) is 5.41 Å². The number of ether oxygens (including phenoxy) is 1. The Hall–Kier alpha value is -0.990. The van der Waals surface area contributed by atoms with Gasteiger partial charge in [-0.1, -0.05) is 60.5 Å². The molecule has 0 aromatic heterocycles. The predicted octanol–water partition coefficient (Wildman–Crippen LogP) is 3.03. The Morgan fingerprint density at radius 1 is 1.15 bits per heavy atom. The summed E-state index contributed by atoms with van der Waals surface area (Å²) in [5.41, 5.74) is 5.71. The van der Waals surface area contributed by atoms with Crippen LogP contribution in [0.15, 0.2) is 11.8 Å². The van der Waals surface area contributed by atoms with Crippen molar-refractivity contribution in [2.75, 3.05) is 13.7 Å². The largest absolute Gasteiger partial charge is 0.394 e. The summed E-state index contributed by atoms with van der Waals surface area (Å²) in [7, 11) is 1.50. The van der Waals surface area contributed by atoms with Gasteiger partial charge in [-0.15, -0.1) is 0 Å². The average Bonchev–Trinajstić information content (AvgIpc) is 2.76. The summed E-state index contributed by atoms with van der Waals surface area (Å²) < 4.78 is 5.43. The van der Waals surface area contributed by atoms with Crippen LogP contribution in [0.5, 0.6) is 0 Å². The number of nitrogens with one attached hydrogen (secondary N) is 2. The minimum atomic E-state index is -1.02. The minimum Gasteiger partial charge on any atom is -0.394 e. The molecule has 1 aliphatic heterocycles. The number of nitrogens with two attached hydrogens (primary N) is 1. The summed E-state index contributed by atoms with van der Waals surface area (Å²) in [4.78, 5) is 0. The third-order valence-corrected chi connectivity index (χ3v) is 2.91. The highest BCUT2D eigenvalue weighted by Crippen LogP contribution is 2.19. The SMILES string of the molecule is C=N.CC.CC.CC.CCC/C(C)=C\NC1CC(O)C(O)C(CO)O1.CN. The van der Waals surface area contributed by atoms with Gasteiger partial charge in [0.25, 0.3) is 0 Å². The van der Waals surface area contributed by atoms with Gasteiger partial charge in [-0.25, -0.2) is 0 Å². The molecule has 0 aliphatic carbocycles. The standard InChI is InChI=1S/C12H23NO4.3C2H6.CH5N.CH3N/c1-3-4-8(2)6-13-11-5-9(15)12(16)10(7-14)17-11;5*1-2/h6,9-16H,3-5,7H2,1-2H3;3*1-2H3;2H2,1H3;2H,1H2/b8-6-;;;;;. The monoisotopic (exact) mass is 395 g/mol. The van der Waals surface area contributed by atoms with Gasteiger partial charge in [-0.3, -0.25) is 0 Å². The van der Waals surface area contributed by atoms with E-state index in [0.29, 0.717) is 6.42 Å². The first-order chi connectivity index (χ1) is 13.1. The van der Waals surface area contributed by atoms with E-state index in [2.05, 4.69) is 24.7 Å². The van der Waals surface area contributed by atoms with E-state index in [4.69, 9.17) is 15.3 Å². The molecule has 0 radical (unpaired) electrons. The average molecular weight is 396 g/mol. The van der Waals surface area contributed by atoms with Crippen molar-refractivity contribution < 1.29 is 20.1 Å². The van der Waals surface area contributed by atoms with Crippen molar-refractivity contribution >= 4 is 6.72 Å². The van der Waals surface area contributed by atoms with Gasteiger partial charge in [-0.05, 0) is 33.3 Å². The van der Waals surface area contributed by atoms with Gasteiger partial charge in [0.1, 0.15) is 18.4 Å². The third kappa shape index (κ3) is 21.2. The van der Waals surface area contributed by atoms with Crippen molar-refractivity contribution in [3.63, 3.8) is 0 Å². The number of hydrogen-bond acceptors (Lipinski definition) is 7. The van der Waals surface area contributed by atoms with Gasteiger partial charge >= 0.3 is 0 Å². The summed E-state index contributed by atoms with van der Waals surface area (Å²) >= 11 is 0. The topological polar surface area (TPSA) is 132 Å². The molecule has 0 spiro atoms. The Kier molecular flexibility index (Phi) is 44.6. The van der Waals surface area contributed by atoms with Gasteiger partial charge in [0, 0.05) is 6.42 Å². The highest BCUT2D eigenvalue weighted by Gasteiger charge is 2.35. The zero-order chi connectivity index (χ0) is 22.8. The van der Waals surface area contributed by atoms with Crippen LogP contribution < -0.4 is 11.1 Å². The first-order valence-corrected chi connectivity index (χ1v) is 10.1. The molecule has 27 heavy (non-hydrogen) atoms. The molecule has 7 nitrogen and oxygen atoms in total. The molecule has 0 saturated carbocycles. The van der Waals surface area contributed by atoms with Crippen LogP contribution in [0.3, 0.4) is 0 Å². The lowest BCUT2D eigenvalue weighted by molar-refractivity contribution is -0.184. The third-order valence-electron chi connectivity index (χ3n) is 2.91. The molecular weight excluding hydrogens is 346 g/mol. The predicted molar refractivity (Wildman–Crippen MR) is 118 cm³/mol. The second-order valence-corrected chi connectivity index (χ2v) is 4.55. The Morgan fingerprint density at radius 2 is 1.59 bits per heavy atom. The van der Waals surface area contributed by atoms with E-state index in [1.807, 2.05) is 54.7 Å². The summed E-state index contributed by atoms with van der Waals surface area (Å²) in [5, 5.41) is 36.7. The smallest absolute Gasteiger partial charge is 0.130 e. The molecule has 7 N–H and O–H groups in total. The van der Waals surface area contributed by atoms with Gasteiger partial charge in [0.15, 0.2) is 0 Å². The fourth-order valence-electron chi connectivity index (χ4n) is 1.91. The number of rotatable bonds is 5. The Balaban J connectivity index is -0.000000139. The molecule has 0 aromatic carbocycles. The molecule has 168 valence electrons. The number of aliphatic hydroxyl groups is 3. The Bertz CT molecular complexity index is 280. The first-order valence-electron chi connectivity index (χ1n) is 10.1. The summed E-state index contributed by atoms with van der Waals surface area (Å²) in [6.07, 6.45) is 1.30. The summed E-state index contributed by atoms with van der Waals surface area (Å²) in [6.45, 7) is 18.3. The minimum absolute atomic E-state index is 0.298. The van der Waals surface area contributed by atoms with Crippen molar-refractivity contribution in [2.45, 2.75) is 99.2 Å². The molecule has 1 aliphatic rings. The molecule has 1 fully saturated rings. The van der Waals surface area contributed by atoms with Gasteiger partial charge in [-0.2, -0.15) is 0 Å². The maximum absolute atomic E-state index is 9.62. The molecular formula is C20H49N3O4. The van der Waals surface area contributed by atoms with E-state index in [9.17, 15) is 10.2 Å². The maximum atomic E-state index is 9.62. The van der Waals surface area contributed by atoms with Gasteiger partial charge < -0.3 is 36.5 Å². The zero-order valence-corrected chi connectivity index (χ0v) is 19.2. The molecule has 4 unspecified atom stereocenters. The Morgan fingerprint density at radius 3 is 1.96 bits per heavy atom. The van der Waals surface area contributed by atoms with Crippen molar-refractivity contribution in [1.82, 2.24) is 5.32 Å². The van der Waals surface area contributed by atoms with Crippen LogP contribution >= 0.6 is 0 Å². The van der Waals surface area contributed by atoms with Crippen molar-refractivity contribution in [3.8, 4) is 0 Å². The molecule has 1 saturated heterocycles. The molecule has 1 heterocycles. The lowest BCUT2D eigenvalue weighted by Crippen LogP contribution is -2.52. The highest BCUT2D eigenvalue weighted by molar-refractivity contribution is 5.15. The van der Waals surface area contributed by atoms with Crippen LogP contribution in [0, 0.1) is 5.41 Å². The number of allylic oxidation sites excluding steroid dienone is 1. The molecule has 7 heteroatoms. The lowest BCUT2D eigenvalue weighted by Gasteiger charge is -2.36. The van der Waals surface area contributed by atoms with Crippen LogP contribution in [0.1, 0.15) is 74.7 Å². The van der Waals surface area contributed by atoms with Gasteiger partial charge in [0.05, 0.1) is 12.7 Å². The van der Waals surface area contributed by atoms with Crippen molar-refractivity contribution in [3.05, 3.63) is 11.8 Å². The molecule has 1 rings (SSSR count). The number of hydrogen-bond donors (Lipinski definition) is 6. The van der Waals surface area contributed by atoms with Crippen LogP contribution in [-0.2, 0) is 4.74 Å². The second kappa shape index (κ2) is 32.7. The van der Waals surface area contributed by atoms with E-state index in [1.165, 1.54) is 12.6 Å². The Labute approximate surface area is 168 Å². The first kappa shape index (κ1) is 36.9. The van der Waals surface area contributed by atoms with E-state index >= 15 is 0 Å². The highest BCUT2D eigenvalue weighted by atomic mass is 16.5. The zero-order valence-electron chi connectivity index (χ0n) is 19.2. The second-order valence-electron chi connectivity index (χ2n) is 4.55. The maximum Gasteiger partial charge on any atom is 0.130 e. The van der Waals surface area contributed by atoms with Crippen LogP contribution in [0.25, 0.3) is 0 Å². The molecule has 4 atom stereocenters. The number of aliphatic hydroxyl groups excluding tert-OH is 3. The quantitative estimate of drug-likeness (QED) is 0.397. The molecule has 0 bridgehead atoms. The fourth-order valence-corrected chi connectivity index (χ4v) is 1.91. The van der Waals surface area contributed by atoms with Gasteiger partial charge in [0.2, 0.25) is 0 Å². The van der Waals surface area contributed by atoms with Crippen LogP contribution in [0.2, 0.25) is 0 Å². The van der Waals surface area contributed by atoms with E-state index < -0.39 is 18.3 Å². The van der Waals surface area contributed by atoms with E-state index in [0.717, 1.165) is 12.8 Å².